The molecule has 5 heteroatoms. The van der Waals surface area contributed by atoms with E-state index in [4.69, 9.17) is 20.6 Å². The van der Waals surface area contributed by atoms with Crippen LogP contribution in [0.15, 0.2) is 30.5 Å². The number of carbonyl (C=O) groups is 1. The van der Waals surface area contributed by atoms with Gasteiger partial charge in [-0.1, -0.05) is 12.5 Å². The third-order valence-electron chi connectivity index (χ3n) is 2.41. The van der Waals surface area contributed by atoms with Crippen molar-refractivity contribution in [2.75, 3.05) is 27.3 Å². The zero-order valence-electron chi connectivity index (χ0n) is 11.6. The Morgan fingerprint density at radius 1 is 1.35 bits per heavy atom. The van der Waals surface area contributed by atoms with Gasteiger partial charge in [-0.3, -0.25) is 5.32 Å². The average molecular weight is 275 g/mol. The third-order valence-corrected chi connectivity index (χ3v) is 2.41. The molecule has 20 heavy (non-hydrogen) atoms. The monoisotopic (exact) mass is 275 g/mol. The maximum absolute atomic E-state index is 11.9. The number of carbonyl (C=O) groups excluding carboxylic acids is 1. The molecule has 1 aromatic carbocycles. The summed E-state index contributed by atoms with van der Waals surface area (Å²) in [5, 5.41) is 2.87. The van der Waals surface area contributed by atoms with Gasteiger partial charge in [0.2, 0.25) is 0 Å². The Morgan fingerprint density at radius 2 is 2.05 bits per heavy atom. The first-order valence-electron chi connectivity index (χ1n) is 5.88. The Kier molecular flexibility index (Phi) is 6.14. The van der Waals surface area contributed by atoms with Gasteiger partial charge in [-0.05, 0) is 18.2 Å². The molecule has 0 radical (unpaired) electrons. The summed E-state index contributed by atoms with van der Waals surface area (Å²) in [7, 11) is 3.02. The van der Waals surface area contributed by atoms with Gasteiger partial charge < -0.3 is 14.2 Å². The second kappa shape index (κ2) is 7.87. The summed E-state index contributed by atoms with van der Waals surface area (Å²) in [6, 6.07) is 4.77. The number of ether oxygens (including phenoxy) is 3. The van der Waals surface area contributed by atoms with E-state index < -0.39 is 5.97 Å². The minimum absolute atomic E-state index is 0.292. The van der Waals surface area contributed by atoms with E-state index in [1.165, 1.54) is 14.2 Å². The van der Waals surface area contributed by atoms with Gasteiger partial charge in [0.15, 0.2) is 11.5 Å². The highest BCUT2D eigenvalue weighted by atomic mass is 16.5. The van der Waals surface area contributed by atoms with Crippen LogP contribution in [0.1, 0.15) is 10.4 Å². The quantitative estimate of drug-likeness (QED) is 0.354. The van der Waals surface area contributed by atoms with Crippen molar-refractivity contribution in [1.82, 2.24) is 5.32 Å². The Balaban J connectivity index is 2.68. The molecule has 0 aliphatic carbocycles. The van der Waals surface area contributed by atoms with Crippen molar-refractivity contribution >= 4 is 5.97 Å². The molecule has 0 amide bonds. The normalized spacial score (nSPS) is 9.45. The second-order valence-corrected chi connectivity index (χ2v) is 3.81. The summed E-state index contributed by atoms with van der Waals surface area (Å²) in [4.78, 5) is 11.9. The molecule has 1 N–H and O–H groups in total. The maximum atomic E-state index is 11.9. The molecule has 0 spiro atoms. The van der Waals surface area contributed by atoms with E-state index >= 15 is 0 Å². The third kappa shape index (κ3) is 4.34. The summed E-state index contributed by atoms with van der Waals surface area (Å²) in [5.74, 6) is 3.19. The van der Waals surface area contributed by atoms with Crippen LogP contribution in [0.4, 0.5) is 0 Å². The lowest BCUT2D eigenvalue weighted by atomic mass is 10.2. The summed E-state index contributed by atoms with van der Waals surface area (Å²) >= 11 is 0. The summed E-state index contributed by atoms with van der Waals surface area (Å²) in [5.41, 5.74) is 0.348. The molecular formula is C15H17NO4. The van der Waals surface area contributed by atoms with Crippen LogP contribution in [-0.4, -0.2) is 33.3 Å². The molecule has 0 heterocycles. The molecule has 0 saturated heterocycles. The van der Waals surface area contributed by atoms with Crippen LogP contribution >= 0.6 is 0 Å². The minimum Gasteiger partial charge on any atom is -0.493 e. The number of hydrogen-bond donors (Lipinski definition) is 1. The highest BCUT2D eigenvalue weighted by Gasteiger charge is 2.13. The number of esters is 1. The van der Waals surface area contributed by atoms with Crippen LogP contribution in [0.5, 0.6) is 11.5 Å². The fourth-order valence-corrected chi connectivity index (χ4v) is 1.46. The number of terminal acetylenes is 1. The number of nitrogens with one attached hydrogen (secondary N) is 1. The maximum Gasteiger partial charge on any atom is 0.343 e. The van der Waals surface area contributed by atoms with Crippen LogP contribution in [-0.2, 0) is 4.74 Å². The van der Waals surface area contributed by atoms with Crippen molar-refractivity contribution in [1.29, 1.82) is 0 Å². The fourth-order valence-electron chi connectivity index (χ4n) is 1.46. The SMILES string of the molecule is C#CCNCC(=C)OC(=O)c1ccc(OC)c(OC)c1. The van der Waals surface area contributed by atoms with E-state index in [1.807, 2.05) is 0 Å². The van der Waals surface area contributed by atoms with Crippen LogP contribution in [0.2, 0.25) is 0 Å². The van der Waals surface area contributed by atoms with Crippen molar-refractivity contribution in [3.8, 4) is 23.8 Å². The van der Waals surface area contributed by atoms with Crippen molar-refractivity contribution < 1.29 is 19.0 Å². The summed E-state index contributed by atoms with van der Waals surface area (Å²) in [6.45, 7) is 4.33. The molecular weight excluding hydrogens is 258 g/mol. The van der Waals surface area contributed by atoms with Gasteiger partial charge in [-0.15, -0.1) is 6.42 Å². The number of hydrogen-bond acceptors (Lipinski definition) is 5. The molecule has 0 bridgehead atoms. The summed E-state index contributed by atoms with van der Waals surface area (Å²) in [6.07, 6.45) is 5.09. The van der Waals surface area contributed by atoms with Crippen molar-refractivity contribution in [3.63, 3.8) is 0 Å². The minimum atomic E-state index is -0.515. The lowest BCUT2D eigenvalue weighted by Gasteiger charge is -2.10. The zero-order chi connectivity index (χ0) is 15.0. The predicted octanol–water partition coefficient (Wildman–Crippen LogP) is 1.60. The van der Waals surface area contributed by atoms with Gasteiger partial charge >= 0.3 is 5.97 Å². The van der Waals surface area contributed by atoms with Gasteiger partial charge in [0, 0.05) is 0 Å². The van der Waals surface area contributed by atoms with E-state index in [0.717, 1.165) is 0 Å². The standard InChI is InChI=1S/C15H17NO4/c1-5-8-16-10-11(2)20-15(17)12-6-7-13(18-3)14(9-12)19-4/h1,6-7,9,16H,2,8,10H2,3-4H3. The molecule has 0 aromatic heterocycles. The first kappa shape index (κ1) is 15.6. The van der Waals surface area contributed by atoms with E-state index in [2.05, 4.69) is 17.8 Å². The van der Waals surface area contributed by atoms with E-state index in [1.54, 1.807) is 18.2 Å². The van der Waals surface area contributed by atoms with Gasteiger partial charge in [-0.2, -0.15) is 0 Å². The second-order valence-electron chi connectivity index (χ2n) is 3.81. The van der Waals surface area contributed by atoms with Crippen LogP contribution in [0, 0.1) is 12.3 Å². The number of rotatable bonds is 7. The smallest absolute Gasteiger partial charge is 0.343 e. The molecule has 5 nitrogen and oxygen atoms in total. The zero-order valence-corrected chi connectivity index (χ0v) is 11.6. The topological polar surface area (TPSA) is 56.8 Å². The molecule has 106 valence electrons. The molecule has 0 unspecified atom stereocenters. The number of methoxy groups -OCH3 is 2. The molecule has 0 fully saturated rings. The molecule has 1 rings (SSSR count). The largest absolute Gasteiger partial charge is 0.493 e. The summed E-state index contributed by atoms with van der Waals surface area (Å²) < 4.78 is 15.3. The Morgan fingerprint density at radius 3 is 2.65 bits per heavy atom. The van der Waals surface area contributed by atoms with Crippen LogP contribution in [0.25, 0.3) is 0 Å². The van der Waals surface area contributed by atoms with Gasteiger partial charge in [0.05, 0.1) is 32.9 Å². The Hall–Kier alpha value is -2.45. The Bertz CT molecular complexity index is 531. The fraction of sp³-hybridized carbons (Fsp3) is 0.267. The van der Waals surface area contributed by atoms with Crippen LogP contribution in [0.3, 0.4) is 0 Å². The van der Waals surface area contributed by atoms with Gasteiger partial charge in [-0.25, -0.2) is 4.79 Å². The van der Waals surface area contributed by atoms with Crippen molar-refractivity contribution in [3.05, 3.63) is 36.1 Å². The molecule has 0 aliphatic heterocycles. The van der Waals surface area contributed by atoms with E-state index in [0.29, 0.717) is 35.9 Å². The molecule has 1 aromatic rings. The Labute approximate surface area is 118 Å². The first-order valence-corrected chi connectivity index (χ1v) is 5.88. The van der Waals surface area contributed by atoms with E-state index in [-0.39, 0.29) is 0 Å². The highest BCUT2D eigenvalue weighted by molar-refractivity contribution is 5.90. The average Bonchev–Trinajstić information content (AvgIpc) is 2.46. The predicted molar refractivity (Wildman–Crippen MR) is 75.8 cm³/mol. The lowest BCUT2D eigenvalue weighted by Crippen LogP contribution is -2.19. The number of benzene rings is 1. The molecule has 0 atom stereocenters. The van der Waals surface area contributed by atoms with Crippen molar-refractivity contribution in [2.45, 2.75) is 0 Å². The van der Waals surface area contributed by atoms with Gasteiger partial charge in [0.25, 0.3) is 0 Å². The van der Waals surface area contributed by atoms with Gasteiger partial charge in [0.1, 0.15) is 5.76 Å². The van der Waals surface area contributed by atoms with Crippen LogP contribution < -0.4 is 14.8 Å². The first-order chi connectivity index (χ1) is 9.62. The van der Waals surface area contributed by atoms with E-state index in [9.17, 15) is 4.79 Å². The van der Waals surface area contributed by atoms with Crippen molar-refractivity contribution in [2.24, 2.45) is 0 Å². The molecule has 0 saturated carbocycles. The highest BCUT2D eigenvalue weighted by Crippen LogP contribution is 2.27. The lowest BCUT2D eigenvalue weighted by molar-refractivity contribution is 0.0619. The molecule has 0 aliphatic rings.